The number of thioether (sulfide) groups is 3. The van der Waals surface area contributed by atoms with Gasteiger partial charge in [0, 0.05) is 41.1 Å². The van der Waals surface area contributed by atoms with Gasteiger partial charge in [-0.1, -0.05) is 23.0 Å². The summed E-state index contributed by atoms with van der Waals surface area (Å²) < 4.78 is 5.51. The second kappa shape index (κ2) is 14.5. The molecule has 0 aliphatic carbocycles. The highest BCUT2D eigenvalue weighted by molar-refractivity contribution is 8.01. The fourth-order valence-corrected chi connectivity index (χ4v) is 7.90. The van der Waals surface area contributed by atoms with E-state index in [0.717, 1.165) is 40.4 Å². The summed E-state index contributed by atoms with van der Waals surface area (Å²) >= 11 is 4.92. The fourth-order valence-electron chi connectivity index (χ4n) is 4.44. The Bertz CT molecular complexity index is 1980. The van der Waals surface area contributed by atoms with E-state index < -0.39 is 40.4 Å². The summed E-state index contributed by atoms with van der Waals surface area (Å²) in [6, 6.07) is 5.55. The van der Waals surface area contributed by atoms with Crippen LogP contribution in [0.4, 0.5) is 5.13 Å². The Kier molecular flexibility index (Phi) is 9.98. The van der Waals surface area contributed by atoms with Gasteiger partial charge in [-0.15, -0.1) is 45.1 Å². The smallest absolute Gasteiger partial charge is 0.352 e. The number of nitrogens with two attached hydrogens (primary N) is 1. The highest BCUT2D eigenvalue weighted by Crippen LogP contribution is 2.41. The standard InChI is InChI=1S/C27H23N9O8S4/c28-26-31-14(11-48-26)18(35-43-5-6-45-27-34-33-22(44-27)13-7-15(37)16(38)8-30-13)21(39)32-19-23(40)36-20(25(41)42)12(10-47-24(19)36)9-46-17-3-1-2-4-29-17/h1-4,7-8,11,19,24,38H,5-6,9-10H2,(H2,28,31)(H,30,37)(H,32,39)(H,41,42)/b35-18-/t19-,24-/m1/s1. The van der Waals surface area contributed by atoms with Crippen LogP contribution in [-0.4, -0.2) is 99.0 Å². The number of aliphatic carboxylic acids is 1. The summed E-state index contributed by atoms with van der Waals surface area (Å²) in [5.41, 5.74) is 5.79. The van der Waals surface area contributed by atoms with Gasteiger partial charge in [-0.2, -0.15) is 0 Å². The SMILES string of the molecule is Nc1nc(/C(=N/OCCSc2nnc(-c3cc(=O)c(O)c[nH]3)o2)C(=O)N[C@@H]2C(=O)N3C(C(=O)O)=C(CSc4ccccn4)CS[C@H]23)cs1. The van der Waals surface area contributed by atoms with E-state index in [2.05, 4.69) is 35.6 Å². The molecule has 1 saturated heterocycles. The Hall–Kier alpha value is -4.86. The quantitative estimate of drug-likeness (QED) is 0.0431. The number of carboxylic acids is 1. The van der Waals surface area contributed by atoms with Crippen molar-refractivity contribution in [3.63, 3.8) is 0 Å². The summed E-state index contributed by atoms with van der Waals surface area (Å²) in [5.74, 6) is -2.00. The fraction of sp³-hybridized carbons (Fsp3) is 0.222. The largest absolute Gasteiger partial charge is 0.503 e. The molecule has 17 nitrogen and oxygen atoms in total. The molecule has 0 saturated carbocycles. The van der Waals surface area contributed by atoms with Gasteiger partial charge in [-0.25, -0.2) is 14.8 Å². The Morgan fingerprint density at radius 2 is 2.12 bits per heavy atom. The molecular weight excluding hydrogens is 707 g/mol. The van der Waals surface area contributed by atoms with Crippen LogP contribution in [0.2, 0.25) is 0 Å². The molecule has 0 unspecified atom stereocenters. The average Bonchev–Trinajstić information content (AvgIpc) is 3.74. The van der Waals surface area contributed by atoms with Gasteiger partial charge in [-0.05, 0) is 17.7 Å². The number of fused-ring (bicyclic) bond motifs is 1. The number of thiazole rings is 1. The summed E-state index contributed by atoms with van der Waals surface area (Å²) in [6.45, 7) is -0.00447. The van der Waals surface area contributed by atoms with Gasteiger partial charge in [0.15, 0.2) is 16.6 Å². The number of aromatic hydroxyl groups is 1. The number of aromatic amines is 1. The normalized spacial score (nSPS) is 17.5. The van der Waals surface area contributed by atoms with E-state index in [-0.39, 0.29) is 51.4 Å². The second-order valence-corrected chi connectivity index (χ2v) is 13.8. The zero-order valence-corrected chi connectivity index (χ0v) is 27.5. The van der Waals surface area contributed by atoms with E-state index >= 15 is 0 Å². The number of hydrogen-bond acceptors (Lipinski definition) is 17. The van der Waals surface area contributed by atoms with Crippen LogP contribution in [0.3, 0.4) is 0 Å². The van der Waals surface area contributed by atoms with Crippen molar-refractivity contribution in [3.05, 3.63) is 69.2 Å². The van der Waals surface area contributed by atoms with Gasteiger partial charge >= 0.3 is 5.97 Å². The number of hydrogen-bond donors (Lipinski definition) is 5. The number of oxime groups is 1. The highest BCUT2D eigenvalue weighted by Gasteiger charge is 2.54. The van der Waals surface area contributed by atoms with E-state index in [1.165, 1.54) is 33.8 Å². The van der Waals surface area contributed by atoms with Crippen LogP contribution in [-0.2, 0) is 19.2 Å². The van der Waals surface area contributed by atoms with Crippen LogP contribution in [0.1, 0.15) is 5.69 Å². The number of H-pyrrole nitrogens is 1. The molecule has 4 aromatic rings. The molecule has 4 aromatic heterocycles. The van der Waals surface area contributed by atoms with Gasteiger partial charge in [0.1, 0.15) is 35.1 Å². The summed E-state index contributed by atoms with van der Waals surface area (Å²) in [5, 5.41) is 35.7. The average molecular weight is 730 g/mol. The molecule has 2 aliphatic heterocycles. The van der Waals surface area contributed by atoms with E-state index in [0.29, 0.717) is 17.1 Å². The number of anilines is 1. The first-order valence-electron chi connectivity index (χ1n) is 13.7. The van der Waals surface area contributed by atoms with Crippen molar-refractivity contribution >= 4 is 75.2 Å². The number of nitrogen functional groups attached to an aromatic ring is 1. The lowest BCUT2D eigenvalue weighted by molar-refractivity contribution is -0.150. The Morgan fingerprint density at radius 3 is 2.85 bits per heavy atom. The van der Waals surface area contributed by atoms with E-state index in [1.807, 2.05) is 12.1 Å². The second-order valence-electron chi connectivity index (χ2n) is 9.74. The number of carbonyl (C=O) groups is 3. The van der Waals surface area contributed by atoms with Crippen LogP contribution >= 0.6 is 46.6 Å². The van der Waals surface area contributed by atoms with E-state index in [1.54, 1.807) is 12.3 Å². The molecule has 6 N–H and O–H groups in total. The lowest BCUT2D eigenvalue weighted by Gasteiger charge is -2.49. The zero-order valence-electron chi connectivity index (χ0n) is 24.3. The van der Waals surface area contributed by atoms with Gasteiger partial charge in [0.05, 0.1) is 5.03 Å². The number of carbonyl (C=O) groups excluding carboxylic acids is 2. The van der Waals surface area contributed by atoms with Crippen LogP contribution in [0, 0.1) is 0 Å². The van der Waals surface area contributed by atoms with Crippen molar-refractivity contribution in [2.24, 2.45) is 5.16 Å². The van der Waals surface area contributed by atoms with Gasteiger partial charge < -0.3 is 35.5 Å². The molecule has 21 heteroatoms. The Morgan fingerprint density at radius 1 is 1.27 bits per heavy atom. The topological polar surface area (TPSA) is 252 Å². The van der Waals surface area contributed by atoms with Crippen molar-refractivity contribution in [3.8, 4) is 17.3 Å². The van der Waals surface area contributed by atoms with Crippen LogP contribution < -0.4 is 16.5 Å². The van der Waals surface area contributed by atoms with Gasteiger partial charge in [0.25, 0.3) is 22.9 Å². The minimum Gasteiger partial charge on any atom is -0.503 e. The number of aromatic nitrogens is 5. The van der Waals surface area contributed by atoms with Crippen molar-refractivity contribution in [1.29, 1.82) is 0 Å². The Balaban J connectivity index is 1.07. The molecule has 2 aliphatic rings. The minimum atomic E-state index is -1.23. The van der Waals surface area contributed by atoms with Gasteiger partial charge in [0.2, 0.25) is 5.43 Å². The number of carboxylic acid groups (broad SMARTS) is 1. The molecule has 48 heavy (non-hydrogen) atoms. The molecule has 0 spiro atoms. The van der Waals surface area contributed by atoms with Crippen molar-refractivity contribution in [2.45, 2.75) is 21.7 Å². The molecule has 6 rings (SSSR count). The first-order valence-corrected chi connectivity index (χ1v) is 17.6. The van der Waals surface area contributed by atoms with Gasteiger partial charge in [-0.3, -0.25) is 19.3 Å². The molecule has 2 amide bonds. The van der Waals surface area contributed by atoms with Crippen LogP contribution in [0.5, 0.6) is 5.75 Å². The lowest BCUT2D eigenvalue weighted by atomic mass is 10.0. The molecule has 0 bridgehead atoms. The summed E-state index contributed by atoms with van der Waals surface area (Å²) in [6.07, 6.45) is 2.76. The molecule has 6 heterocycles. The van der Waals surface area contributed by atoms with Crippen LogP contribution in [0.25, 0.3) is 11.6 Å². The first-order chi connectivity index (χ1) is 23.2. The number of nitrogens with one attached hydrogen (secondary N) is 2. The van der Waals surface area contributed by atoms with Crippen molar-refractivity contribution < 1.29 is 33.9 Å². The highest BCUT2D eigenvalue weighted by atomic mass is 32.2. The number of nitrogens with zero attached hydrogens (tertiary/aromatic N) is 6. The molecule has 0 radical (unpaired) electrons. The molecule has 0 aromatic carbocycles. The van der Waals surface area contributed by atoms with Crippen molar-refractivity contribution in [1.82, 2.24) is 35.4 Å². The van der Waals surface area contributed by atoms with Crippen LogP contribution in [0.15, 0.2) is 77.9 Å². The maximum Gasteiger partial charge on any atom is 0.352 e. The van der Waals surface area contributed by atoms with Crippen molar-refractivity contribution in [2.75, 3.05) is 29.6 Å². The first kappa shape index (κ1) is 33.1. The predicted octanol–water partition coefficient (Wildman–Crippen LogP) is 1.61. The van der Waals surface area contributed by atoms with E-state index in [4.69, 9.17) is 15.0 Å². The molecular formula is C27H23N9O8S4. The number of pyridine rings is 2. The summed E-state index contributed by atoms with van der Waals surface area (Å²) in [4.78, 5) is 68.1. The van der Waals surface area contributed by atoms with E-state index in [9.17, 15) is 29.4 Å². The maximum absolute atomic E-state index is 13.4. The lowest BCUT2D eigenvalue weighted by Crippen LogP contribution is -2.71. The monoisotopic (exact) mass is 729 g/mol. The zero-order chi connectivity index (χ0) is 33.8. The number of β-lactam (4-membered cyclic amide) rings is 1. The molecule has 2 atom stereocenters. The third-order valence-corrected chi connectivity index (χ3v) is 10.5. The third-order valence-electron chi connectivity index (χ3n) is 6.63. The third kappa shape index (κ3) is 7.17. The number of amides is 2. The summed E-state index contributed by atoms with van der Waals surface area (Å²) in [7, 11) is 0. The maximum atomic E-state index is 13.4. The number of rotatable bonds is 13. The minimum absolute atomic E-state index is 0.00447. The molecule has 248 valence electrons. The predicted molar refractivity (Wildman–Crippen MR) is 176 cm³/mol. The molecule has 1 fully saturated rings. The Labute approximate surface area is 286 Å².